The van der Waals surface area contributed by atoms with E-state index in [1.54, 1.807) is 0 Å². The molecule has 0 aromatic carbocycles. The Morgan fingerprint density at radius 1 is 1.18 bits per heavy atom. The molecule has 1 rings (SSSR count). The van der Waals surface area contributed by atoms with Gasteiger partial charge in [0.05, 0.1) is 6.54 Å². The second-order valence-electron chi connectivity index (χ2n) is 6.24. The fourth-order valence-corrected chi connectivity index (χ4v) is 2.06. The summed E-state index contributed by atoms with van der Waals surface area (Å²) in [5.41, 5.74) is -0.201. The van der Waals surface area contributed by atoms with Crippen LogP contribution in [0.5, 0.6) is 0 Å². The quantitative estimate of drug-likeness (QED) is 0.751. The van der Waals surface area contributed by atoms with Crippen LogP contribution >= 0.6 is 0 Å². The lowest BCUT2D eigenvalue weighted by Gasteiger charge is -2.38. The SMILES string of the molecule is CCC(C)N1CCN(CC(=O)C(C)(C)C)CC1. The topological polar surface area (TPSA) is 23.6 Å². The largest absolute Gasteiger partial charge is 0.298 e. The van der Waals surface area contributed by atoms with E-state index in [2.05, 4.69) is 23.6 Å². The normalized spacial score (nSPS) is 21.5. The molecule has 17 heavy (non-hydrogen) atoms. The number of rotatable bonds is 4. The van der Waals surface area contributed by atoms with Crippen molar-refractivity contribution >= 4 is 5.78 Å². The first-order chi connectivity index (χ1) is 7.84. The Labute approximate surface area is 106 Å². The predicted octanol–water partition coefficient (Wildman–Crippen LogP) is 2.02. The summed E-state index contributed by atoms with van der Waals surface area (Å²) < 4.78 is 0. The molecule has 1 unspecified atom stereocenters. The van der Waals surface area contributed by atoms with E-state index < -0.39 is 0 Å². The molecule has 3 heteroatoms. The van der Waals surface area contributed by atoms with Crippen LogP contribution in [0.3, 0.4) is 0 Å². The fourth-order valence-electron chi connectivity index (χ4n) is 2.06. The van der Waals surface area contributed by atoms with Gasteiger partial charge in [-0.2, -0.15) is 0 Å². The average Bonchev–Trinajstić information content (AvgIpc) is 2.27. The molecule has 1 heterocycles. The molecular formula is C14H28N2O. The summed E-state index contributed by atoms with van der Waals surface area (Å²) in [7, 11) is 0. The summed E-state index contributed by atoms with van der Waals surface area (Å²) in [6, 6.07) is 0.676. The zero-order valence-corrected chi connectivity index (χ0v) is 12.1. The third kappa shape index (κ3) is 4.40. The maximum atomic E-state index is 11.9. The monoisotopic (exact) mass is 240 g/mol. The van der Waals surface area contributed by atoms with Crippen molar-refractivity contribution in [3.05, 3.63) is 0 Å². The van der Waals surface area contributed by atoms with Crippen LogP contribution < -0.4 is 0 Å². The summed E-state index contributed by atoms with van der Waals surface area (Å²) in [6.07, 6.45) is 1.21. The van der Waals surface area contributed by atoms with Crippen LogP contribution in [0, 0.1) is 5.41 Å². The molecule has 0 amide bonds. The maximum absolute atomic E-state index is 11.9. The van der Waals surface area contributed by atoms with Crippen LogP contribution in [0.2, 0.25) is 0 Å². The third-order valence-corrected chi connectivity index (χ3v) is 3.82. The van der Waals surface area contributed by atoms with E-state index in [4.69, 9.17) is 0 Å². The van der Waals surface area contributed by atoms with Crippen molar-refractivity contribution in [1.29, 1.82) is 0 Å². The highest BCUT2D eigenvalue weighted by Gasteiger charge is 2.26. The molecule has 1 atom stereocenters. The highest BCUT2D eigenvalue weighted by atomic mass is 16.1. The second-order valence-corrected chi connectivity index (χ2v) is 6.24. The van der Waals surface area contributed by atoms with E-state index in [1.165, 1.54) is 6.42 Å². The lowest BCUT2D eigenvalue weighted by Crippen LogP contribution is -2.51. The number of hydrogen-bond donors (Lipinski definition) is 0. The van der Waals surface area contributed by atoms with Gasteiger partial charge in [-0.1, -0.05) is 27.7 Å². The number of ketones is 1. The number of hydrogen-bond acceptors (Lipinski definition) is 3. The molecule has 1 aliphatic rings. The molecular weight excluding hydrogens is 212 g/mol. The molecule has 0 spiro atoms. The predicted molar refractivity (Wildman–Crippen MR) is 72.2 cm³/mol. The van der Waals surface area contributed by atoms with Crippen LogP contribution in [0.25, 0.3) is 0 Å². The van der Waals surface area contributed by atoms with Crippen molar-refractivity contribution in [2.45, 2.75) is 47.1 Å². The Hall–Kier alpha value is -0.410. The smallest absolute Gasteiger partial charge is 0.152 e. The van der Waals surface area contributed by atoms with Gasteiger partial charge in [0.15, 0.2) is 5.78 Å². The standard InChI is InChI=1S/C14H28N2O/c1-6-12(2)16-9-7-15(8-10-16)11-13(17)14(3,4)5/h12H,6-11H2,1-5H3. The first-order valence-electron chi connectivity index (χ1n) is 6.84. The minimum atomic E-state index is -0.201. The van der Waals surface area contributed by atoms with Crippen LogP contribution in [0.1, 0.15) is 41.0 Å². The molecule has 3 nitrogen and oxygen atoms in total. The van der Waals surface area contributed by atoms with Crippen molar-refractivity contribution in [1.82, 2.24) is 9.80 Å². The fraction of sp³-hybridized carbons (Fsp3) is 0.929. The van der Waals surface area contributed by atoms with E-state index in [0.29, 0.717) is 18.4 Å². The van der Waals surface area contributed by atoms with Gasteiger partial charge in [-0.3, -0.25) is 14.6 Å². The Morgan fingerprint density at radius 3 is 2.12 bits per heavy atom. The highest BCUT2D eigenvalue weighted by Crippen LogP contribution is 2.16. The molecule has 0 aromatic rings. The molecule has 0 radical (unpaired) electrons. The van der Waals surface area contributed by atoms with Crippen molar-refractivity contribution < 1.29 is 4.79 Å². The summed E-state index contributed by atoms with van der Waals surface area (Å²) in [5.74, 6) is 0.356. The van der Waals surface area contributed by atoms with E-state index in [-0.39, 0.29) is 5.41 Å². The first kappa shape index (κ1) is 14.7. The second kappa shape index (κ2) is 5.96. The van der Waals surface area contributed by atoms with E-state index in [1.807, 2.05) is 20.8 Å². The Bertz CT molecular complexity index is 249. The van der Waals surface area contributed by atoms with Gasteiger partial charge in [-0.05, 0) is 13.3 Å². The minimum absolute atomic E-state index is 0.201. The number of carbonyl (C=O) groups is 1. The van der Waals surface area contributed by atoms with Gasteiger partial charge in [-0.15, -0.1) is 0 Å². The molecule has 0 aliphatic carbocycles. The number of carbonyl (C=O) groups excluding carboxylic acids is 1. The van der Waals surface area contributed by atoms with Crippen molar-refractivity contribution in [3.63, 3.8) is 0 Å². The number of piperazine rings is 1. The van der Waals surface area contributed by atoms with Gasteiger partial charge in [0, 0.05) is 37.6 Å². The molecule has 0 bridgehead atoms. The lowest BCUT2D eigenvalue weighted by molar-refractivity contribution is -0.128. The third-order valence-electron chi connectivity index (χ3n) is 3.82. The lowest BCUT2D eigenvalue weighted by atomic mass is 9.90. The van der Waals surface area contributed by atoms with E-state index in [9.17, 15) is 4.79 Å². The summed E-state index contributed by atoms with van der Waals surface area (Å²) in [5, 5.41) is 0. The Balaban J connectivity index is 2.35. The van der Waals surface area contributed by atoms with Crippen LogP contribution in [-0.4, -0.2) is 54.3 Å². The number of Topliss-reactive ketones (excluding diaryl/α,β-unsaturated/α-hetero) is 1. The van der Waals surface area contributed by atoms with Crippen LogP contribution in [0.4, 0.5) is 0 Å². The van der Waals surface area contributed by atoms with Crippen molar-refractivity contribution in [3.8, 4) is 0 Å². The van der Waals surface area contributed by atoms with Crippen LogP contribution in [0.15, 0.2) is 0 Å². The minimum Gasteiger partial charge on any atom is -0.298 e. The number of nitrogens with zero attached hydrogens (tertiary/aromatic N) is 2. The maximum Gasteiger partial charge on any atom is 0.152 e. The molecule has 0 saturated carbocycles. The molecule has 100 valence electrons. The summed E-state index contributed by atoms with van der Waals surface area (Å²) in [4.78, 5) is 16.8. The van der Waals surface area contributed by atoms with Crippen LogP contribution in [-0.2, 0) is 4.79 Å². The Kier molecular flexibility index (Phi) is 5.14. The first-order valence-corrected chi connectivity index (χ1v) is 6.84. The van der Waals surface area contributed by atoms with Gasteiger partial charge in [-0.25, -0.2) is 0 Å². The van der Waals surface area contributed by atoms with Crippen molar-refractivity contribution in [2.75, 3.05) is 32.7 Å². The summed E-state index contributed by atoms with van der Waals surface area (Å²) >= 11 is 0. The van der Waals surface area contributed by atoms with Gasteiger partial charge in [0.2, 0.25) is 0 Å². The van der Waals surface area contributed by atoms with Gasteiger partial charge in [0.1, 0.15) is 0 Å². The molecule has 0 aromatic heterocycles. The molecule has 1 saturated heterocycles. The van der Waals surface area contributed by atoms with Crippen molar-refractivity contribution in [2.24, 2.45) is 5.41 Å². The van der Waals surface area contributed by atoms with E-state index in [0.717, 1.165) is 26.2 Å². The van der Waals surface area contributed by atoms with Gasteiger partial charge in [0.25, 0.3) is 0 Å². The zero-order chi connectivity index (χ0) is 13.1. The summed E-state index contributed by atoms with van der Waals surface area (Å²) in [6.45, 7) is 15.4. The Morgan fingerprint density at radius 2 is 1.71 bits per heavy atom. The molecule has 1 aliphatic heterocycles. The average molecular weight is 240 g/mol. The molecule has 1 fully saturated rings. The van der Waals surface area contributed by atoms with Gasteiger partial charge >= 0.3 is 0 Å². The highest BCUT2D eigenvalue weighted by molar-refractivity contribution is 5.85. The zero-order valence-electron chi connectivity index (χ0n) is 12.1. The molecule has 0 N–H and O–H groups in total. The van der Waals surface area contributed by atoms with E-state index >= 15 is 0 Å². The van der Waals surface area contributed by atoms with Gasteiger partial charge < -0.3 is 0 Å².